The van der Waals surface area contributed by atoms with E-state index in [0.717, 1.165) is 26.6 Å². The number of amides is 2. The first-order valence-electron chi connectivity index (χ1n) is 9.73. The minimum Gasteiger partial charge on any atom is -0.352 e. The van der Waals surface area contributed by atoms with Crippen molar-refractivity contribution in [1.82, 2.24) is 10.6 Å². The van der Waals surface area contributed by atoms with Crippen LogP contribution in [0.15, 0.2) is 69.6 Å². The molecule has 2 N–H and O–H groups in total. The normalized spacial score (nSPS) is 10.1. The van der Waals surface area contributed by atoms with Crippen molar-refractivity contribution < 1.29 is 18.4 Å². The lowest BCUT2D eigenvalue weighted by atomic mass is 10.1. The molecule has 3 aromatic rings. The molecular weight excluding hydrogens is 546 g/mol. The third kappa shape index (κ3) is 7.84. The molecule has 0 saturated heterocycles. The van der Waals surface area contributed by atoms with Crippen molar-refractivity contribution in [1.29, 1.82) is 0 Å². The quantitative estimate of drug-likeness (QED) is 0.388. The molecule has 8 heteroatoms. The lowest BCUT2D eigenvalue weighted by Crippen LogP contribution is -2.23. The second-order valence-corrected chi connectivity index (χ2v) is 8.52. The summed E-state index contributed by atoms with van der Waals surface area (Å²) in [5.74, 6) is -1.65. The molecule has 168 valence electrons. The minimum absolute atomic E-state index is 0.0114. The predicted octanol–water partition coefficient (Wildman–Crippen LogP) is 6.16. The van der Waals surface area contributed by atoms with Crippen LogP contribution in [0, 0.1) is 18.6 Å². The molecular formula is C24H22Br2F2N2O2. The van der Waals surface area contributed by atoms with E-state index in [-0.39, 0.29) is 23.9 Å². The van der Waals surface area contributed by atoms with E-state index < -0.39 is 11.6 Å². The molecule has 0 unspecified atom stereocenters. The molecule has 0 radical (unpaired) electrons. The summed E-state index contributed by atoms with van der Waals surface area (Å²) in [6, 6.07) is 15.7. The Hall–Kier alpha value is -2.58. The summed E-state index contributed by atoms with van der Waals surface area (Å²) in [5.41, 5.74) is 2.54. The number of carbonyl (C=O) groups excluding carboxylic acids is 2. The maximum atomic E-state index is 13.4. The highest BCUT2D eigenvalue weighted by Gasteiger charge is 2.08. The molecule has 0 aliphatic rings. The first-order chi connectivity index (χ1) is 15.2. The smallest absolute Gasteiger partial charge is 0.251 e. The number of hydrogen-bond donors (Lipinski definition) is 2. The van der Waals surface area contributed by atoms with E-state index in [1.54, 1.807) is 24.3 Å². The molecule has 0 spiro atoms. The minimum atomic E-state index is -0.672. The van der Waals surface area contributed by atoms with Crippen LogP contribution < -0.4 is 10.6 Å². The summed E-state index contributed by atoms with van der Waals surface area (Å²) >= 11 is 6.65. The zero-order chi connectivity index (χ0) is 23.7. The highest BCUT2D eigenvalue weighted by molar-refractivity contribution is 9.10. The Balaban J connectivity index is 0.000000244. The van der Waals surface area contributed by atoms with Crippen molar-refractivity contribution >= 4 is 43.7 Å². The molecule has 4 nitrogen and oxygen atoms in total. The van der Waals surface area contributed by atoms with Crippen molar-refractivity contribution in [3.05, 3.63) is 103 Å². The SMILES string of the molecule is CCNC(=O)c1ccc(C)c(Br)c1.O=C(NCc1ccc(F)cc1F)c1cccc(Br)c1. The lowest BCUT2D eigenvalue weighted by molar-refractivity contribution is 0.0944. The van der Waals surface area contributed by atoms with Crippen molar-refractivity contribution in [3.8, 4) is 0 Å². The van der Waals surface area contributed by atoms with E-state index in [0.29, 0.717) is 17.7 Å². The van der Waals surface area contributed by atoms with Gasteiger partial charge in [-0.2, -0.15) is 0 Å². The van der Waals surface area contributed by atoms with Gasteiger partial charge in [-0.1, -0.05) is 50.1 Å². The van der Waals surface area contributed by atoms with Crippen LogP contribution in [-0.4, -0.2) is 18.4 Å². The van der Waals surface area contributed by atoms with Gasteiger partial charge in [0.25, 0.3) is 11.8 Å². The van der Waals surface area contributed by atoms with Crippen molar-refractivity contribution in [2.45, 2.75) is 20.4 Å². The van der Waals surface area contributed by atoms with Gasteiger partial charge >= 0.3 is 0 Å². The number of benzene rings is 3. The summed E-state index contributed by atoms with van der Waals surface area (Å²) in [6.45, 7) is 4.56. The number of nitrogens with one attached hydrogen (secondary N) is 2. The molecule has 2 amide bonds. The number of carbonyl (C=O) groups is 2. The molecule has 0 aliphatic heterocycles. The van der Waals surface area contributed by atoms with Gasteiger partial charge in [0, 0.05) is 44.8 Å². The fourth-order valence-electron chi connectivity index (χ4n) is 2.57. The lowest BCUT2D eigenvalue weighted by Gasteiger charge is -2.06. The van der Waals surface area contributed by atoms with Crippen molar-refractivity contribution in [3.63, 3.8) is 0 Å². The summed E-state index contributed by atoms with van der Waals surface area (Å²) in [7, 11) is 0. The van der Waals surface area contributed by atoms with Crippen LogP contribution in [0.4, 0.5) is 8.78 Å². The van der Waals surface area contributed by atoms with Gasteiger partial charge in [-0.25, -0.2) is 8.78 Å². The predicted molar refractivity (Wildman–Crippen MR) is 129 cm³/mol. The zero-order valence-corrected chi connectivity index (χ0v) is 20.7. The monoisotopic (exact) mass is 566 g/mol. The summed E-state index contributed by atoms with van der Waals surface area (Å²) in [4.78, 5) is 23.2. The van der Waals surface area contributed by atoms with Crippen LogP contribution in [0.5, 0.6) is 0 Å². The molecule has 0 fully saturated rings. The summed E-state index contributed by atoms with van der Waals surface area (Å²) < 4.78 is 27.8. The molecule has 0 saturated carbocycles. The van der Waals surface area contributed by atoms with E-state index in [2.05, 4.69) is 42.5 Å². The Morgan fingerprint density at radius 1 is 0.875 bits per heavy atom. The third-order valence-corrected chi connectivity index (χ3v) is 5.66. The average Bonchev–Trinajstić information content (AvgIpc) is 2.75. The van der Waals surface area contributed by atoms with Gasteiger partial charge in [-0.15, -0.1) is 0 Å². The molecule has 3 aromatic carbocycles. The Bertz CT molecular complexity index is 1110. The number of halogens is 4. The van der Waals surface area contributed by atoms with Gasteiger partial charge in [0.2, 0.25) is 0 Å². The van der Waals surface area contributed by atoms with Crippen LogP contribution in [0.1, 0.15) is 38.8 Å². The van der Waals surface area contributed by atoms with E-state index in [4.69, 9.17) is 0 Å². The fourth-order valence-corrected chi connectivity index (χ4v) is 3.35. The number of hydrogen-bond acceptors (Lipinski definition) is 2. The van der Waals surface area contributed by atoms with Crippen LogP contribution in [0.2, 0.25) is 0 Å². The standard InChI is InChI=1S/C14H10BrF2NO.C10H12BrNO/c15-11-3-1-2-9(6-11)14(19)18-8-10-4-5-12(16)7-13(10)17;1-3-12-10(13)8-5-4-7(2)9(11)6-8/h1-7H,8H2,(H,18,19);4-6H,3H2,1-2H3,(H,12,13). The Morgan fingerprint density at radius 3 is 2.19 bits per heavy atom. The Labute approximate surface area is 202 Å². The van der Waals surface area contributed by atoms with Gasteiger partial charge in [0.15, 0.2) is 0 Å². The second-order valence-electron chi connectivity index (χ2n) is 6.75. The summed E-state index contributed by atoms with van der Waals surface area (Å²) in [5, 5.41) is 5.33. The van der Waals surface area contributed by atoms with Crippen LogP contribution >= 0.6 is 31.9 Å². The van der Waals surface area contributed by atoms with Crippen LogP contribution in [0.25, 0.3) is 0 Å². The largest absolute Gasteiger partial charge is 0.352 e. The van der Waals surface area contributed by atoms with E-state index in [1.807, 2.05) is 32.0 Å². The third-order valence-electron chi connectivity index (χ3n) is 4.31. The van der Waals surface area contributed by atoms with Gasteiger partial charge in [-0.05, 0) is 55.8 Å². The highest BCUT2D eigenvalue weighted by Crippen LogP contribution is 2.17. The molecule has 0 aromatic heterocycles. The molecule has 3 rings (SSSR count). The van der Waals surface area contributed by atoms with Gasteiger partial charge in [-0.3, -0.25) is 9.59 Å². The Morgan fingerprint density at radius 2 is 1.56 bits per heavy atom. The fraction of sp³-hybridized carbons (Fsp3) is 0.167. The second kappa shape index (κ2) is 12.5. The molecule has 0 heterocycles. The van der Waals surface area contributed by atoms with Crippen molar-refractivity contribution in [2.75, 3.05) is 6.54 Å². The average molecular weight is 568 g/mol. The summed E-state index contributed by atoms with van der Waals surface area (Å²) in [6.07, 6.45) is 0. The van der Waals surface area contributed by atoms with Crippen LogP contribution in [-0.2, 0) is 6.54 Å². The van der Waals surface area contributed by atoms with Gasteiger partial charge in [0.05, 0.1) is 0 Å². The highest BCUT2D eigenvalue weighted by atomic mass is 79.9. The molecule has 0 aliphatic carbocycles. The Kier molecular flexibility index (Phi) is 9.99. The van der Waals surface area contributed by atoms with E-state index >= 15 is 0 Å². The number of rotatable bonds is 5. The molecule has 0 bridgehead atoms. The van der Waals surface area contributed by atoms with Crippen LogP contribution in [0.3, 0.4) is 0 Å². The van der Waals surface area contributed by atoms with Gasteiger partial charge in [0.1, 0.15) is 11.6 Å². The zero-order valence-electron chi connectivity index (χ0n) is 17.5. The van der Waals surface area contributed by atoms with Gasteiger partial charge < -0.3 is 10.6 Å². The molecule has 0 atom stereocenters. The first kappa shape index (κ1) is 25.7. The van der Waals surface area contributed by atoms with E-state index in [9.17, 15) is 18.4 Å². The van der Waals surface area contributed by atoms with E-state index in [1.165, 1.54) is 6.07 Å². The van der Waals surface area contributed by atoms with Crippen molar-refractivity contribution in [2.24, 2.45) is 0 Å². The number of aryl methyl sites for hydroxylation is 1. The maximum absolute atomic E-state index is 13.4. The maximum Gasteiger partial charge on any atom is 0.251 e. The first-order valence-corrected chi connectivity index (χ1v) is 11.3. The topological polar surface area (TPSA) is 58.2 Å². The molecule has 32 heavy (non-hydrogen) atoms.